The molecule has 0 saturated heterocycles. The molecule has 102 valence electrons. The number of ketones is 2. The van der Waals surface area contributed by atoms with Crippen LogP contribution in [0, 0.1) is 5.92 Å². The number of hydrogen-bond acceptors (Lipinski definition) is 2. The van der Waals surface area contributed by atoms with E-state index in [1.807, 2.05) is 12.1 Å². The van der Waals surface area contributed by atoms with Crippen LogP contribution in [-0.4, -0.2) is 11.6 Å². The summed E-state index contributed by atoms with van der Waals surface area (Å²) in [5, 5.41) is 0. The molecule has 0 bridgehead atoms. The SMILES string of the molecule is CCC(C)c1ccc(C(=O)C2CCC(=O)CC2)cc1. The summed E-state index contributed by atoms with van der Waals surface area (Å²) < 4.78 is 0. The summed E-state index contributed by atoms with van der Waals surface area (Å²) in [4.78, 5) is 23.6. The van der Waals surface area contributed by atoms with Gasteiger partial charge in [-0.3, -0.25) is 9.59 Å². The van der Waals surface area contributed by atoms with Crippen LogP contribution in [0.5, 0.6) is 0 Å². The first-order valence-electron chi connectivity index (χ1n) is 7.27. The minimum absolute atomic E-state index is 0.0483. The van der Waals surface area contributed by atoms with E-state index < -0.39 is 0 Å². The third-order valence-electron chi connectivity index (χ3n) is 4.29. The summed E-state index contributed by atoms with van der Waals surface area (Å²) in [7, 11) is 0. The first-order valence-corrected chi connectivity index (χ1v) is 7.27. The van der Waals surface area contributed by atoms with Crippen molar-refractivity contribution in [3.8, 4) is 0 Å². The largest absolute Gasteiger partial charge is 0.300 e. The van der Waals surface area contributed by atoms with Crippen LogP contribution in [0.4, 0.5) is 0 Å². The highest BCUT2D eigenvalue weighted by Gasteiger charge is 2.25. The normalized spacial score (nSPS) is 18.3. The second kappa shape index (κ2) is 6.14. The fraction of sp³-hybridized carbons (Fsp3) is 0.529. The van der Waals surface area contributed by atoms with E-state index in [2.05, 4.69) is 26.0 Å². The van der Waals surface area contributed by atoms with Gasteiger partial charge in [-0.15, -0.1) is 0 Å². The first kappa shape index (κ1) is 14.0. The fourth-order valence-corrected chi connectivity index (χ4v) is 2.65. The summed E-state index contributed by atoms with van der Waals surface area (Å²) in [6, 6.07) is 8.02. The molecular formula is C17H22O2. The van der Waals surface area contributed by atoms with Crippen LogP contribution in [0.2, 0.25) is 0 Å². The highest BCUT2D eigenvalue weighted by molar-refractivity contribution is 5.98. The van der Waals surface area contributed by atoms with E-state index in [9.17, 15) is 9.59 Å². The van der Waals surface area contributed by atoms with E-state index in [0.29, 0.717) is 24.5 Å². The Morgan fingerprint density at radius 2 is 1.79 bits per heavy atom. The molecule has 1 aliphatic carbocycles. The van der Waals surface area contributed by atoms with Gasteiger partial charge in [-0.05, 0) is 30.7 Å². The molecule has 1 fully saturated rings. The average Bonchev–Trinajstić information content (AvgIpc) is 2.46. The van der Waals surface area contributed by atoms with E-state index in [-0.39, 0.29) is 11.7 Å². The van der Waals surface area contributed by atoms with Crippen LogP contribution in [-0.2, 0) is 4.79 Å². The molecule has 0 amide bonds. The second-order valence-electron chi connectivity index (χ2n) is 5.61. The smallest absolute Gasteiger partial charge is 0.165 e. The van der Waals surface area contributed by atoms with Crippen molar-refractivity contribution in [2.75, 3.05) is 0 Å². The van der Waals surface area contributed by atoms with Crippen molar-refractivity contribution < 1.29 is 9.59 Å². The number of carbonyl (C=O) groups is 2. The molecule has 1 saturated carbocycles. The summed E-state index contributed by atoms with van der Waals surface area (Å²) in [6.07, 6.45) is 3.70. The van der Waals surface area contributed by atoms with Crippen molar-refractivity contribution in [3.05, 3.63) is 35.4 Å². The summed E-state index contributed by atoms with van der Waals surface area (Å²) in [6.45, 7) is 4.37. The van der Waals surface area contributed by atoms with E-state index >= 15 is 0 Å². The van der Waals surface area contributed by atoms with Gasteiger partial charge in [0.25, 0.3) is 0 Å². The molecule has 0 aromatic heterocycles. The van der Waals surface area contributed by atoms with Crippen LogP contribution < -0.4 is 0 Å². The minimum atomic E-state index is 0.0483. The predicted molar refractivity (Wildman–Crippen MR) is 76.4 cm³/mol. The van der Waals surface area contributed by atoms with Gasteiger partial charge in [-0.2, -0.15) is 0 Å². The Kier molecular flexibility index (Phi) is 4.52. The van der Waals surface area contributed by atoms with Gasteiger partial charge in [0.15, 0.2) is 5.78 Å². The molecule has 0 heterocycles. The topological polar surface area (TPSA) is 34.1 Å². The molecule has 2 rings (SSSR count). The van der Waals surface area contributed by atoms with Crippen LogP contribution in [0.15, 0.2) is 24.3 Å². The lowest BCUT2D eigenvalue weighted by Gasteiger charge is -2.20. The van der Waals surface area contributed by atoms with Crippen molar-refractivity contribution in [1.29, 1.82) is 0 Å². The molecule has 0 aliphatic heterocycles. The molecular weight excluding hydrogens is 236 g/mol. The minimum Gasteiger partial charge on any atom is -0.300 e. The summed E-state index contributed by atoms with van der Waals surface area (Å²) in [5.41, 5.74) is 2.09. The van der Waals surface area contributed by atoms with Crippen molar-refractivity contribution in [2.45, 2.75) is 51.9 Å². The van der Waals surface area contributed by atoms with Crippen molar-refractivity contribution >= 4 is 11.6 Å². The molecule has 0 spiro atoms. The Bertz CT molecular complexity index is 449. The number of benzene rings is 1. The maximum Gasteiger partial charge on any atom is 0.165 e. The molecule has 19 heavy (non-hydrogen) atoms. The van der Waals surface area contributed by atoms with E-state index in [1.165, 1.54) is 5.56 Å². The number of rotatable bonds is 4. The maximum absolute atomic E-state index is 12.3. The average molecular weight is 258 g/mol. The van der Waals surface area contributed by atoms with E-state index in [1.54, 1.807) is 0 Å². The Morgan fingerprint density at radius 3 is 2.32 bits per heavy atom. The number of hydrogen-bond donors (Lipinski definition) is 0. The van der Waals surface area contributed by atoms with Gasteiger partial charge in [-0.1, -0.05) is 38.1 Å². The van der Waals surface area contributed by atoms with Gasteiger partial charge >= 0.3 is 0 Å². The monoisotopic (exact) mass is 258 g/mol. The lowest BCUT2D eigenvalue weighted by Crippen LogP contribution is -2.21. The first-order chi connectivity index (χ1) is 9.11. The molecule has 1 atom stereocenters. The van der Waals surface area contributed by atoms with Gasteiger partial charge in [0.05, 0.1) is 0 Å². The molecule has 2 heteroatoms. The molecule has 0 N–H and O–H groups in total. The van der Waals surface area contributed by atoms with Crippen molar-refractivity contribution in [2.24, 2.45) is 5.92 Å². The van der Waals surface area contributed by atoms with Crippen molar-refractivity contribution in [1.82, 2.24) is 0 Å². The maximum atomic E-state index is 12.3. The summed E-state index contributed by atoms with van der Waals surface area (Å²) >= 11 is 0. The lowest BCUT2D eigenvalue weighted by molar-refractivity contribution is -0.120. The van der Waals surface area contributed by atoms with Crippen LogP contribution in [0.3, 0.4) is 0 Å². The summed E-state index contributed by atoms with van der Waals surface area (Å²) in [5.74, 6) is 1.10. The fourth-order valence-electron chi connectivity index (χ4n) is 2.65. The standard InChI is InChI=1S/C17H22O2/c1-3-12(2)13-4-6-14(7-5-13)17(19)15-8-10-16(18)11-9-15/h4-7,12,15H,3,8-11H2,1-2H3. The predicted octanol–water partition coefficient (Wildman–Crippen LogP) is 4.14. The van der Waals surface area contributed by atoms with Crippen LogP contribution in [0.1, 0.15) is 67.8 Å². The lowest BCUT2D eigenvalue weighted by atomic mass is 9.83. The molecule has 2 nitrogen and oxygen atoms in total. The van der Waals surface area contributed by atoms with Gasteiger partial charge in [0.1, 0.15) is 5.78 Å². The van der Waals surface area contributed by atoms with Gasteiger partial charge in [-0.25, -0.2) is 0 Å². The van der Waals surface area contributed by atoms with Gasteiger partial charge < -0.3 is 0 Å². The van der Waals surface area contributed by atoms with Crippen LogP contribution in [0.25, 0.3) is 0 Å². The highest BCUT2D eigenvalue weighted by atomic mass is 16.1. The second-order valence-corrected chi connectivity index (χ2v) is 5.61. The van der Waals surface area contributed by atoms with Crippen molar-refractivity contribution in [3.63, 3.8) is 0 Å². The zero-order valence-corrected chi connectivity index (χ0v) is 11.8. The molecule has 1 unspecified atom stereocenters. The number of carbonyl (C=O) groups excluding carboxylic acids is 2. The highest BCUT2D eigenvalue weighted by Crippen LogP contribution is 2.26. The van der Waals surface area contributed by atoms with Crippen LogP contribution >= 0.6 is 0 Å². The third-order valence-corrected chi connectivity index (χ3v) is 4.29. The Balaban J connectivity index is 2.05. The third kappa shape index (κ3) is 3.31. The zero-order valence-electron chi connectivity index (χ0n) is 11.8. The van der Waals surface area contributed by atoms with Gasteiger partial charge in [0, 0.05) is 24.3 Å². The molecule has 1 aromatic carbocycles. The molecule has 1 aliphatic rings. The molecule has 0 radical (unpaired) electrons. The number of Topliss-reactive ketones (excluding diaryl/α,β-unsaturated/α-hetero) is 2. The zero-order chi connectivity index (χ0) is 13.8. The Morgan fingerprint density at radius 1 is 1.21 bits per heavy atom. The Hall–Kier alpha value is -1.44. The Labute approximate surface area is 115 Å². The van der Waals surface area contributed by atoms with E-state index in [4.69, 9.17) is 0 Å². The van der Waals surface area contributed by atoms with Gasteiger partial charge in [0.2, 0.25) is 0 Å². The quantitative estimate of drug-likeness (QED) is 0.760. The molecule has 1 aromatic rings. The van der Waals surface area contributed by atoms with E-state index in [0.717, 1.165) is 24.8 Å².